The zero-order valence-electron chi connectivity index (χ0n) is 13.1. The first-order valence-electron chi connectivity index (χ1n) is 7.32. The second-order valence-corrected chi connectivity index (χ2v) is 8.04. The Kier molecular flexibility index (Phi) is 5.28. The van der Waals surface area contributed by atoms with Crippen LogP contribution in [0.4, 0.5) is 0 Å². The lowest BCUT2D eigenvalue weighted by Crippen LogP contribution is -2.10. The van der Waals surface area contributed by atoms with Crippen LogP contribution in [0, 0.1) is 12.8 Å². The van der Waals surface area contributed by atoms with Crippen LogP contribution in [0.15, 0.2) is 22.9 Å². The summed E-state index contributed by atoms with van der Waals surface area (Å²) < 4.78 is 29.1. The van der Waals surface area contributed by atoms with E-state index < -0.39 is 9.84 Å². The summed E-state index contributed by atoms with van der Waals surface area (Å²) in [7, 11) is -3.22. The zero-order valence-corrected chi connectivity index (χ0v) is 13.9. The topological polar surface area (TPSA) is 86.0 Å². The SMILES string of the molecule is Cc1ccnc(-c2noc(CS(=O)(=O)CCCC(C)C)n2)c1. The highest BCUT2D eigenvalue weighted by atomic mass is 32.2. The van der Waals surface area contributed by atoms with Gasteiger partial charge in [-0.1, -0.05) is 25.4 Å². The Morgan fingerprint density at radius 2 is 2.09 bits per heavy atom. The molecule has 0 spiro atoms. The van der Waals surface area contributed by atoms with Crippen molar-refractivity contribution >= 4 is 9.84 Å². The standard InChI is InChI=1S/C15H21N3O3S/c1-11(2)5-4-8-22(19,20)10-14-17-15(18-21-14)13-9-12(3)6-7-16-13/h6-7,9,11H,4-5,8,10H2,1-3H3. The average molecular weight is 323 g/mol. The number of sulfone groups is 1. The first-order valence-corrected chi connectivity index (χ1v) is 9.14. The molecule has 2 aromatic heterocycles. The normalized spacial score (nSPS) is 12.0. The van der Waals surface area contributed by atoms with Crippen molar-refractivity contribution in [1.82, 2.24) is 15.1 Å². The summed E-state index contributed by atoms with van der Waals surface area (Å²) in [6.07, 6.45) is 3.20. The molecule has 2 rings (SSSR count). The van der Waals surface area contributed by atoms with Gasteiger partial charge in [0.1, 0.15) is 11.4 Å². The second-order valence-electron chi connectivity index (χ2n) is 5.86. The number of rotatable bonds is 7. The highest BCUT2D eigenvalue weighted by molar-refractivity contribution is 7.90. The van der Waals surface area contributed by atoms with Crippen LogP contribution in [-0.4, -0.2) is 29.3 Å². The number of nitrogens with zero attached hydrogens (tertiary/aromatic N) is 3. The molecule has 0 fully saturated rings. The van der Waals surface area contributed by atoms with Gasteiger partial charge in [0.25, 0.3) is 0 Å². The van der Waals surface area contributed by atoms with Gasteiger partial charge >= 0.3 is 0 Å². The molecule has 22 heavy (non-hydrogen) atoms. The third-order valence-electron chi connectivity index (χ3n) is 3.19. The van der Waals surface area contributed by atoms with E-state index in [0.717, 1.165) is 12.0 Å². The van der Waals surface area contributed by atoms with E-state index in [2.05, 4.69) is 29.0 Å². The second kappa shape index (κ2) is 7.00. The van der Waals surface area contributed by atoms with E-state index in [0.29, 0.717) is 23.9 Å². The van der Waals surface area contributed by atoms with E-state index in [-0.39, 0.29) is 17.4 Å². The first-order chi connectivity index (χ1) is 10.4. The van der Waals surface area contributed by atoms with Crippen molar-refractivity contribution in [2.45, 2.75) is 39.4 Å². The Labute approximate surface area is 130 Å². The van der Waals surface area contributed by atoms with Gasteiger partial charge < -0.3 is 4.52 Å². The molecule has 120 valence electrons. The molecule has 0 saturated heterocycles. The maximum Gasteiger partial charge on any atom is 0.242 e. The Balaban J connectivity index is 2.02. The van der Waals surface area contributed by atoms with E-state index in [4.69, 9.17) is 4.52 Å². The first kappa shape index (κ1) is 16.6. The maximum atomic E-state index is 12.0. The summed E-state index contributed by atoms with van der Waals surface area (Å²) in [5.74, 6) is 0.853. The fraction of sp³-hybridized carbons (Fsp3) is 0.533. The maximum absolute atomic E-state index is 12.0. The fourth-order valence-electron chi connectivity index (χ4n) is 2.05. The van der Waals surface area contributed by atoms with Gasteiger partial charge in [-0.15, -0.1) is 0 Å². The van der Waals surface area contributed by atoms with Crippen LogP contribution >= 0.6 is 0 Å². The summed E-state index contributed by atoms with van der Waals surface area (Å²) in [4.78, 5) is 8.28. The predicted octanol–water partition coefficient (Wildman–Crippen LogP) is 2.79. The Hall–Kier alpha value is -1.76. The van der Waals surface area contributed by atoms with Crippen LogP contribution in [0.25, 0.3) is 11.5 Å². The van der Waals surface area contributed by atoms with Gasteiger partial charge in [0.15, 0.2) is 9.84 Å². The molecule has 0 radical (unpaired) electrons. The van der Waals surface area contributed by atoms with Gasteiger partial charge in [-0.05, 0) is 37.0 Å². The molecular weight excluding hydrogens is 302 g/mol. The van der Waals surface area contributed by atoms with Crippen LogP contribution in [0.2, 0.25) is 0 Å². The van der Waals surface area contributed by atoms with E-state index in [1.165, 1.54) is 0 Å². The van der Waals surface area contributed by atoms with Crippen LogP contribution < -0.4 is 0 Å². The molecule has 0 aliphatic carbocycles. The summed E-state index contributed by atoms with van der Waals surface area (Å²) in [5.41, 5.74) is 1.60. The Morgan fingerprint density at radius 3 is 2.77 bits per heavy atom. The molecule has 2 aromatic rings. The minimum absolute atomic E-state index is 0.114. The quantitative estimate of drug-likeness (QED) is 0.779. The molecule has 6 nitrogen and oxygen atoms in total. The van der Waals surface area contributed by atoms with Crippen molar-refractivity contribution in [2.24, 2.45) is 5.92 Å². The number of hydrogen-bond donors (Lipinski definition) is 0. The lowest BCUT2D eigenvalue weighted by atomic mass is 10.1. The predicted molar refractivity (Wildman–Crippen MR) is 83.8 cm³/mol. The minimum atomic E-state index is -3.22. The van der Waals surface area contributed by atoms with E-state index in [1.807, 2.05) is 19.1 Å². The molecule has 0 amide bonds. The van der Waals surface area contributed by atoms with Crippen molar-refractivity contribution in [3.63, 3.8) is 0 Å². The molecule has 0 aromatic carbocycles. The largest absolute Gasteiger partial charge is 0.338 e. The van der Waals surface area contributed by atoms with Crippen molar-refractivity contribution in [3.8, 4) is 11.5 Å². The minimum Gasteiger partial charge on any atom is -0.338 e. The van der Waals surface area contributed by atoms with E-state index >= 15 is 0 Å². The molecule has 0 bridgehead atoms. The summed E-state index contributed by atoms with van der Waals surface area (Å²) in [6, 6.07) is 3.69. The molecule has 7 heteroatoms. The van der Waals surface area contributed by atoms with Gasteiger partial charge in [-0.2, -0.15) is 4.98 Å². The van der Waals surface area contributed by atoms with Crippen LogP contribution in [0.5, 0.6) is 0 Å². The van der Waals surface area contributed by atoms with Gasteiger partial charge in [0, 0.05) is 6.20 Å². The van der Waals surface area contributed by atoms with Crippen LogP contribution in [0.1, 0.15) is 38.1 Å². The summed E-state index contributed by atoms with van der Waals surface area (Å²) in [5, 5.41) is 3.81. The van der Waals surface area contributed by atoms with Crippen molar-refractivity contribution in [3.05, 3.63) is 29.8 Å². The van der Waals surface area contributed by atoms with Crippen LogP contribution in [0.3, 0.4) is 0 Å². The molecule has 0 aliphatic heterocycles. The highest BCUT2D eigenvalue weighted by Gasteiger charge is 2.18. The average Bonchev–Trinajstić information content (AvgIpc) is 2.85. The molecule has 2 heterocycles. The van der Waals surface area contributed by atoms with Crippen LogP contribution in [-0.2, 0) is 15.6 Å². The van der Waals surface area contributed by atoms with E-state index in [1.54, 1.807) is 6.20 Å². The lowest BCUT2D eigenvalue weighted by molar-refractivity contribution is 0.389. The number of aryl methyl sites for hydroxylation is 1. The van der Waals surface area contributed by atoms with Crippen molar-refractivity contribution in [2.75, 3.05) is 5.75 Å². The van der Waals surface area contributed by atoms with Crippen molar-refractivity contribution in [1.29, 1.82) is 0 Å². The third-order valence-corrected chi connectivity index (χ3v) is 4.79. The fourth-order valence-corrected chi connectivity index (χ4v) is 3.29. The lowest BCUT2D eigenvalue weighted by Gasteiger charge is -2.04. The highest BCUT2D eigenvalue weighted by Crippen LogP contribution is 2.16. The number of aromatic nitrogens is 3. The third kappa shape index (κ3) is 4.91. The zero-order chi connectivity index (χ0) is 16.2. The van der Waals surface area contributed by atoms with Gasteiger partial charge in [-0.25, -0.2) is 8.42 Å². The molecule has 0 N–H and O–H groups in total. The van der Waals surface area contributed by atoms with Gasteiger partial charge in [-0.3, -0.25) is 4.98 Å². The molecular formula is C15H21N3O3S. The summed E-state index contributed by atoms with van der Waals surface area (Å²) in [6.45, 7) is 6.09. The smallest absolute Gasteiger partial charge is 0.242 e. The molecule has 0 saturated carbocycles. The van der Waals surface area contributed by atoms with E-state index in [9.17, 15) is 8.42 Å². The number of hydrogen-bond acceptors (Lipinski definition) is 6. The molecule has 0 unspecified atom stereocenters. The van der Waals surface area contributed by atoms with Gasteiger partial charge in [0.2, 0.25) is 11.7 Å². The Morgan fingerprint density at radius 1 is 1.32 bits per heavy atom. The van der Waals surface area contributed by atoms with Gasteiger partial charge in [0.05, 0.1) is 5.75 Å². The van der Waals surface area contributed by atoms with Crippen molar-refractivity contribution < 1.29 is 12.9 Å². The Bertz CT molecular complexity index is 723. The monoisotopic (exact) mass is 323 g/mol. The molecule has 0 aliphatic rings. The molecule has 0 atom stereocenters. The number of pyridine rings is 1. The summed E-state index contributed by atoms with van der Waals surface area (Å²) >= 11 is 0.